The molecule has 0 saturated carbocycles. The van der Waals surface area contributed by atoms with E-state index < -0.39 is 0 Å². The largest absolute Gasteiger partial charge is 0.323 e. The molecule has 4 heteroatoms. The van der Waals surface area contributed by atoms with Gasteiger partial charge in [0.1, 0.15) is 5.82 Å². The molecule has 0 spiro atoms. The average molecular weight is 328 g/mol. The third-order valence-electron chi connectivity index (χ3n) is 2.94. The predicted molar refractivity (Wildman–Crippen MR) is 78.4 cm³/mol. The van der Waals surface area contributed by atoms with Crippen molar-refractivity contribution in [3.8, 4) is 0 Å². The van der Waals surface area contributed by atoms with Gasteiger partial charge in [0.15, 0.2) is 0 Å². The van der Waals surface area contributed by atoms with E-state index in [-0.39, 0.29) is 11.9 Å². The summed E-state index contributed by atoms with van der Waals surface area (Å²) in [4.78, 5) is 1.23. The highest BCUT2D eigenvalue weighted by molar-refractivity contribution is 9.10. The van der Waals surface area contributed by atoms with Gasteiger partial charge in [-0.15, -0.1) is 11.3 Å². The molecule has 2 N–H and O–H groups in total. The molecule has 18 heavy (non-hydrogen) atoms. The Bertz CT molecular complexity index is 538. The van der Waals surface area contributed by atoms with E-state index in [9.17, 15) is 4.39 Å². The Morgan fingerprint density at radius 1 is 1.39 bits per heavy atom. The first-order chi connectivity index (χ1) is 8.61. The van der Waals surface area contributed by atoms with Gasteiger partial charge in [-0.1, -0.05) is 13.0 Å². The lowest BCUT2D eigenvalue weighted by atomic mass is 10.0. The van der Waals surface area contributed by atoms with Gasteiger partial charge in [-0.2, -0.15) is 0 Å². The van der Waals surface area contributed by atoms with Crippen molar-refractivity contribution in [2.24, 2.45) is 5.73 Å². The molecule has 1 aromatic carbocycles. The van der Waals surface area contributed by atoms with E-state index >= 15 is 0 Å². The first-order valence-electron chi connectivity index (χ1n) is 5.87. The number of halogens is 2. The Labute approximate surface area is 119 Å². The van der Waals surface area contributed by atoms with Crippen molar-refractivity contribution in [3.05, 3.63) is 55.9 Å². The molecule has 1 aromatic heterocycles. The third kappa shape index (κ3) is 2.99. The fraction of sp³-hybridized carbons (Fsp3) is 0.286. The zero-order valence-electron chi connectivity index (χ0n) is 10.1. The number of nitrogens with two attached hydrogens (primary N) is 1. The van der Waals surface area contributed by atoms with Crippen molar-refractivity contribution in [2.75, 3.05) is 0 Å². The zero-order valence-corrected chi connectivity index (χ0v) is 12.5. The van der Waals surface area contributed by atoms with Crippen LogP contribution in [0.15, 0.2) is 34.1 Å². The molecule has 1 heterocycles. The minimum Gasteiger partial charge on any atom is -0.323 e. The number of aryl methyl sites for hydroxylation is 1. The standard InChI is InChI=1S/C14H15BrFNS/c1-2-10-5-6-18-14(10)13(17)8-9-3-4-12(16)11(15)7-9/h3-7,13H,2,8,17H2,1H3. The maximum absolute atomic E-state index is 13.2. The highest BCUT2D eigenvalue weighted by Crippen LogP contribution is 2.27. The van der Waals surface area contributed by atoms with Gasteiger partial charge >= 0.3 is 0 Å². The summed E-state index contributed by atoms with van der Waals surface area (Å²) < 4.78 is 13.6. The van der Waals surface area contributed by atoms with E-state index in [0.717, 1.165) is 18.4 Å². The summed E-state index contributed by atoms with van der Waals surface area (Å²) in [7, 11) is 0. The fourth-order valence-corrected chi connectivity index (χ4v) is 3.41. The van der Waals surface area contributed by atoms with Crippen LogP contribution in [0.1, 0.15) is 29.0 Å². The van der Waals surface area contributed by atoms with Gasteiger partial charge in [-0.05, 0) is 63.5 Å². The van der Waals surface area contributed by atoms with Crippen LogP contribution in [0.25, 0.3) is 0 Å². The zero-order chi connectivity index (χ0) is 13.1. The molecule has 0 radical (unpaired) electrons. The van der Waals surface area contributed by atoms with Crippen LogP contribution in [0.3, 0.4) is 0 Å². The van der Waals surface area contributed by atoms with Gasteiger partial charge in [-0.25, -0.2) is 4.39 Å². The number of benzene rings is 1. The molecule has 0 bridgehead atoms. The molecule has 2 rings (SSSR count). The summed E-state index contributed by atoms with van der Waals surface area (Å²) in [6.07, 6.45) is 1.73. The van der Waals surface area contributed by atoms with Crippen molar-refractivity contribution in [1.29, 1.82) is 0 Å². The van der Waals surface area contributed by atoms with E-state index in [2.05, 4.69) is 34.3 Å². The Balaban J connectivity index is 2.16. The van der Waals surface area contributed by atoms with Gasteiger partial charge in [-0.3, -0.25) is 0 Å². The summed E-state index contributed by atoms with van der Waals surface area (Å²) in [5, 5.41) is 2.08. The van der Waals surface area contributed by atoms with E-state index in [1.54, 1.807) is 23.5 Å². The minimum atomic E-state index is -0.238. The quantitative estimate of drug-likeness (QED) is 0.881. The molecule has 0 aliphatic carbocycles. The van der Waals surface area contributed by atoms with Crippen molar-refractivity contribution < 1.29 is 4.39 Å². The Kier molecular flexibility index (Phi) is 4.54. The van der Waals surface area contributed by atoms with Crippen LogP contribution >= 0.6 is 27.3 Å². The second kappa shape index (κ2) is 5.95. The molecule has 1 unspecified atom stereocenters. The van der Waals surface area contributed by atoms with Crippen molar-refractivity contribution in [2.45, 2.75) is 25.8 Å². The van der Waals surface area contributed by atoms with Crippen LogP contribution in [0.2, 0.25) is 0 Å². The maximum Gasteiger partial charge on any atom is 0.137 e. The maximum atomic E-state index is 13.2. The second-order valence-electron chi connectivity index (χ2n) is 4.22. The molecular weight excluding hydrogens is 313 g/mol. The average Bonchev–Trinajstić information content (AvgIpc) is 2.82. The normalized spacial score (nSPS) is 12.7. The van der Waals surface area contributed by atoms with Crippen molar-refractivity contribution in [3.63, 3.8) is 0 Å². The molecule has 0 amide bonds. The molecule has 2 aromatic rings. The van der Waals surface area contributed by atoms with Gasteiger partial charge in [0.2, 0.25) is 0 Å². The Morgan fingerprint density at radius 2 is 2.17 bits per heavy atom. The second-order valence-corrected chi connectivity index (χ2v) is 6.02. The van der Waals surface area contributed by atoms with Crippen molar-refractivity contribution >= 4 is 27.3 Å². The summed E-state index contributed by atoms with van der Waals surface area (Å²) in [5.41, 5.74) is 8.60. The van der Waals surface area contributed by atoms with E-state index in [1.807, 2.05) is 0 Å². The van der Waals surface area contributed by atoms with Crippen LogP contribution in [0, 0.1) is 5.82 Å². The molecule has 0 fully saturated rings. The van der Waals surface area contributed by atoms with E-state index in [1.165, 1.54) is 16.5 Å². The fourth-order valence-electron chi connectivity index (χ4n) is 1.98. The van der Waals surface area contributed by atoms with Gasteiger partial charge in [0.25, 0.3) is 0 Å². The molecule has 0 aliphatic rings. The summed E-state index contributed by atoms with van der Waals surface area (Å²) >= 11 is 4.90. The van der Waals surface area contributed by atoms with Crippen LogP contribution in [-0.4, -0.2) is 0 Å². The van der Waals surface area contributed by atoms with Crippen LogP contribution in [-0.2, 0) is 12.8 Å². The SMILES string of the molecule is CCc1ccsc1C(N)Cc1ccc(F)c(Br)c1. The summed E-state index contributed by atoms with van der Waals surface area (Å²) in [6, 6.07) is 7.17. The number of hydrogen-bond acceptors (Lipinski definition) is 2. The van der Waals surface area contributed by atoms with Crippen molar-refractivity contribution in [1.82, 2.24) is 0 Å². The lowest BCUT2D eigenvalue weighted by Gasteiger charge is -2.12. The van der Waals surface area contributed by atoms with Gasteiger partial charge in [0, 0.05) is 10.9 Å². The Morgan fingerprint density at radius 3 is 2.83 bits per heavy atom. The lowest BCUT2D eigenvalue weighted by molar-refractivity contribution is 0.619. The number of thiophene rings is 1. The first kappa shape index (κ1) is 13.7. The monoisotopic (exact) mass is 327 g/mol. The highest BCUT2D eigenvalue weighted by Gasteiger charge is 2.13. The number of hydrogen-bond donors (Lipinski definition) is 1. The van der Waals surface area contributed by atoms with Gasteiger partial charge in [0.05, 0.1) is 4.47 Å². The molecule has 96 valence electrons. The molecule has 0 saturated heterocycles. The number of rotatable bonds is 4. The van der Waals surface area contributed by atoms with E-state index in [4.69, 9.17) is 5.73 Å². The third-order valence-corrected chi connectivity index (χ3v) is 4.64. The van der Waals surface area contributed by atoms with Gasteiger partial charge < -0.3 is 5.73 Å². The predicted octanol–water partition coefficient (Wildman–Crippen LogP) is 4.45. The summed E-state index contributed by atoms with van der Waals surface area (Å²) in [6.45, 7) is 2.13. The lowest BCUT2D eigenvalue weighted by Crippen LogP contribution is -2.13. The molecule has 1 nitrogen and oxygen atoms in total. The van der Waals surface area contributed by atoms with E-state index in [0.29, 0.717) is 4.47 Å². The minimum absolute atomic E-state index is 0.0164. The topological polar surface area (TPSA) is 26.0 Å². The molecular formula is C14H15BrFNS. The van der Waals surface area contributed by atoms with Crippen LogP contribution in [0.5, 0.6) is 0 Å². The molecule has 0 aliphatic heterocycles. The summed E-state index contributed by atoms with van der Waals surface area (Å²) in [5.74, 6) is -0.238. The molecule has 1 atom stereocenters. The first-order valence-corrected chi connectivity index (χ1v) is 7.54. The highest BCUT2D eigenvalue weighted by atomic mass is 79.9. The smallest absolute Gasteiger partial charge is 0.137 e. The van der Waals surface area contributed by atoms with Crippen LogP contribution in [0.4, 0.5) is 4.39 Å². The van der Waals surface area contributed by atoms with Crippen LogP contribution < -0.4 is 5.73 Å². The Hall–Kier alpha value is -0.710.